The van der Waals surface area contributed by atoms with Crippen molar-refractivity contribution in [1.29, 1.82) is 0 Å². The Kier molecular flexibility index (Phi) is 2.58. The third-order valence-corrected chi connectivity index (χ3v) is 3.47. The zero-order valence-electron chi connectivity index (χ0n) is 9.33. The Balaban J connectivity index is 1.66. The first-order valence-corrected chi connectivity index (χ1v) is 5.92. The molecule has 2 saturated heterocycles. The second kappa shape index (κ2) is 4.10. The van der Waals surface area contributed by atoms with E-state index in [0.717, 1.165) is 19.3 Å². The Morgan fingerprint density at radius 1 is 1.47 bits per heavy atom. The summed E-state index contributed by atoms with van der Waals surface area (Å²) in [5.74, 6) is 0.465. The molecule has 2 fully saturated rings. The van der Waals surface area contributed by atoms with E-state index in [2.05, 4.69) is 10.1 Å². The molecule has 17 heavy (non-hydrogen) atoms. The topological polar surface area (TPSA) is 85.5 Å². The first-order valence-electron chi connectivity index (χ1n) is 5.92. The summed E-state index contributed by atoms with van der Waals surface area (Å²) in [5, 5.41) is 12.5. The predicted octanol–water partition coefficient (Wildman–Crippen LogP) is 1.12. The number of nitrogens with zero attached hydrogens (tertiary/aromatic N) is 2. The molecule has 0 radical (unpaired) electrons. The van der Waals surface area contributed by atoms with Gasteiger partial charge in [0.15, 0.2) is 5.82 Å². The normalized spacial score (nSPS) is 30.9. The molecule has 0 aliphatic carbocycles. The molecule has 2 aliphatic heterocycles. The van der Waals surface area contributed by atoms with Crippen LogP contribution >= 0.6 is 0 Å². The van der Waals surface area contributed by atoms with Crippen molar-refractivity contribution in [3.8, 4) is 0 Å². The molecule has 3 atom stereocenters. The number of fused-ring (bicyclic) bond motifs is 2. The fourth-order valence-corrected chi connectivity index (χ4v) is 2.64. The molecular weight excluding hydrogens is 224 g/mol. The second-order valence-electron chi connectivity index (χ2n) is 4.66. The molecular formula is C11H14N2O4. The summed E-state index contributed by atoms with van der Waals surface area (Å²) in [6.45, 7) is 0. The van der Waals surface area contributed by atoms with E-state index in [0.29, 0.717) is 24.2 Å². The molecule has 0 saturated carbocycles. The van der Waals surface area contributed by atoms with E-state index in [4.69, 9.17) is 14.4 Å². The molecule has 2 aliphatic rings. The van der Waals surface area contributed by atoms with Crippen molar-refractivity contribution < 1.29 is 19.2 Å². The van der Waals surface area contributed by atoms with Gasteiger partial charge in [0.25, 0.3) is 0 Å². The van der Waals surface area contributed by atoms with Gasteiger partial charge in [0.2, 0.25) is 5.89 Å². The van der Waals surface area contributed by atoms with Crippen molar-refractivity contribution in [2.75, 3.05) is 0 Å². The van der Waals surface area contributed by atoms with Gasteiger partial charge < -0.3 is 14.4 Å². The summed E-state index contributed by atoms with van der Waals surface area (Å²) in [6, 6.07) is 0. The number of aliphatic carboxylic acids is 1. The highest BCUT2D eigenvalue weighted by Gasteiger charge is 2.43. The summed E-state index contributed by atoms with van der Waals surface area (Å²) < 4.78 is 10.8. The minimum Gasteiger partial charge on any atom is -0.481 e. The first kappa shape index (κ1) is 10.7. The van der Waals surface area contributed by atoms with Crippen LogP contribution in [0.3, 0.4) is 0 Å². The van der Waals surface area contributed by atoms with Crippen molar-refractivity contribution in [2.45, 2.75) is 50.2 Å². The first-order chi connectivity index (χ1) is 8.22. The number of aromatic nitrogens is 2. The summed E-state index contributed by atoms with van der Waals surface area (Å²) >= 11 is 0. The summed E-state index contributed by atoms with van der Waals surface area (Å²) in [4.78, 5) is 14.7. The van der Waals surface area contributed by atoms with Crippen LogP contribution in [0.15, 0.2) is 4.52 Å². The van der Waals surface area contributed by atoms with E-state index in [1.807, 2.05) is 0 Å². The lowest BCUT2D eigenvalue weighted by Crippen LogP contribution is -2.15. The lowest BCUT2D eigenvalue weighted by molar-refractivity contribution is -0.137. The van der Waals surface area contributed by atoms with Gasteiger partial charge in [-0.2, -0.15) is 4.98 Å². The van der Waals surface area contributed by atoms with Crippen LogP contribution in [0.4, 0.5) is 0 Å². The minimum absolute atomic E-state index is 0.0227. The molecule has 1 N–H and O–H groups in total. The van der Waals surface area contributed by atoms with Crippen molar-refractivity contribution in [3.63, 3.8) is 0 Å². The largest absolute Gasteiger partial charge is 0.481 e. The molecule has 6 heteroatoms. The number of ether oxygens (including phenoxy) is 1. The molecule has 92 valence electrons. The second-order valence-corrected chi connectivity index (χ2v) is 4.66. The van der Waals surface area contributed by atoms with E-state index >= 15 is 0 Å². The van der Waals surface area contributed by atoms with Gasteiger partial charge in [-0.15, -0.1) is 0 Å². The van der Waals surface area contributed by atoms with Crippen LogP contribution in [0, 0.1) is 0 Å². The number of carbonyl (C=O) groups is 1. The van der Waals surface area contributed by atoms with Crippen LogP contribution in [-0.2, 0) is 16.0 Å². The molecule has 3 rings (SSSR count). The van der Waals surface area contributed by atoms with Gasteiger partial charge in [0, 0.05) is 6.42 Å². The monoisotopic (exact) mass is 238 g/mol. The Morgan fingerprint density at radius 3 is 3.00 bits per heavy atom. The number of aryl methyl sites for hydroxylation is 1. The van der Waals surface area contributed by atoms with Gasteiger partial charge >= 0.3 is 5.97 Å². The van der Waals surface area contributed by atoms with E-state index in [1.165, 1.54) is 0 Å². The fourth-order valence-electron chi connectivity index (χ4n) is 2.64. The summed E-state index contributed by atoms with van der Waals surface area (Å²) in [5.41, 5.74) is 0. The van der Waals surface area contributed by atoms with Gasteiger partial charge in [-0.05, 0) is 19.3 Å². The zero-order valence-corrected chi connectivity index (χ0v) is 9.33. The highest BCUT2D eigenvalue weighted by Crippen LogP contribution is 2.43. The van der Waals surface area contributed by atoms with E-state index < -0.39 is 5.97 Å². The Hall–Kier alpha value is -1.43. The van der Waals surface area contributed by atoms with Crippen LogP contribution in [0.1, 0.15) is 43.3 Å². The lowest BCUT2D eigenvalue weighted by Gasteiger charge is -2.13. The highest BCUT2D eigenvalue weighted by molar-refractivity contribution is 5.66. The number of hydrogen-bond acceptors (Lipinski definition) is 5. The zero-order chi connectivity index (χ0) is 11.8. The molecule has 0 spiro atoms. The third-order valence-electron chi connectivity index (χ3n) is 3.47. The van der Waals surface area contributed by atoms with Crippen LogP contribution in [0.5, 0.6) is 0 Å². The highest BCUT2D eigenvalue weighted by atomic mass is 16.5. The number of carboxylic acid groups (broad SMARTS) is 1. The lowest BCUT2D eigenvalue weighted by atomic mass is 9.89. The number of hydrogen-bond donors (Lipinski definition) is 1. The molecule has 0 amide bonds. The van der Waals surface area contributed by atoms with Gasteiger partial charge in [-0.25, -0.2) is 0 Å². The Bertz CT molecular complexity index is 431. The van der Waals surface area contributed by atoms with Crippen LogP contribution in [0.25, 0.3) is 0 Å². The van der Waals surface area contributed by atoms with Gasteiger partial charge in [0.1, 0.15) is 0 Å². The maximum atomic E-state index is 10.4. The van der Waals surface area contributed by atoms with Crippen LogP contribution in [-0.4, -0.2) is 33.4 Å². The average molecular weight is 238 g/mol. The molecule has 0 aromatic carbocycles. The molecule has 3 unspecified atom stereocenters. The van der Waals surface area contributed by atoms with Crippen molar-refractivity contribution in [3.05, 3.63) is 11.7 Å². The van der Waals surface area contributed by atoms with E-state index in [9.17, 15) is 4.79 Å². The van der Waals surface area contributed by atoms with Gasteiger partial charge in [-0.1, -0.05) is 5.16 Å². The Morgan fingerprint density at radius 2 is 2.35 bits per heavy atom. The Labute approximate surface area is 98.0 Å². The molecule has 6 nitrogen and oxygen atoms in total. The smallest absolute Gasteiger partial charge is 0.303 e. The average Bonchev–Trinajstić information content (AvgIpc) is 3.01. The fraction of sp³-hybridized carbons (Fsp3) is 0.727. The van der Waals surface area contributed by atoms with Crippen molar-refractivity contribution in [1.82, 2.24) is 10.1 Å². The number of carboxylic acids is 1. The quantitative estimate of drug-likeness (QED) is 0.846. The molecule has 2 bridgehead atoms. The maximum absolute atomic E-state index is 10.4. The third kappa shape index (κ3) is 2.04. The predicted molar refractivity (Wildman–Crippen MR) is 55.5 cm³/mol. The van der Waals surface area contributed by atoms with Gasteiger partial charge in [-0.3, -0.25) is 4.79 Å². The molecule has 1 aromatic rings. The van der Waals surface area contributed by atoms with Gasteiger partial charge in [0.05, 0.1) is 24.5 Å². The van der Waals surface area contributed by atoms with Crippen molar-refractivity contribution >= 4 is 5.97 Å². The van der Waals surface area contributed by atoms with Crippen molar-refractivity contribution in [2.24, 2.45) is 0 Å². The SMILES string of the molecule is O=C(O)CCc1nc(C2CC3CCC2O3)no1. The van der Waals surface area contributed by atoms with Crippen LogP contribution < -0.4 is 0 Å². The molecule has 3 heterocycles. The minimum atomic E-state index is -0.854. The summed E-state index contributed by atoms with van der Waals surface area (Å²) in [7, 11) is 0. The standard InChI is InChI=1S/C11H14N2O4/c14-10(15)4-3-9-12-11(13-17-9)7-5-6-1-2-8(7)16-6/h6-8H,1-5H2,(H,14,15). The molecule has 1 aromatic heterocycles. The number of rotatable bonds is 4. The van der Waals surface area contributed by atoms with E-state index in [1.54, 1.807) is 0 Å². The van der Waals surface area contributed by atoms with Crippen LogP contribution in [0.2, 0.25) is 0 Å². The summed E-state index contributed by atoms with van der Waals surface area (Å²) in [6.07, 6.45) is 4.05. The van der Waals surface area contributed by atoms with E-state index in [-0.39, 0.29) is 18.4 Å². The maximum Gasteiger partial charge on any atom is 0.303 e.